The monoisotopic (exact) mass is 249 g/mol. The highest BCUT2D eigenvalue weighted by molar-refractivity contribution is 5.61. The number of nitrogens with zero attached hydrogens (tertiary/aromatic N) is 4. The second-order valence-corrected chi connectivity index (χ2v) is 3.87. The van der Waals surface area contributed by atoms with Gasteiger partial charge in [-0.1, -0.05) is 6.07 Å². The number of nitrogens with one attached hydrogen (secondary N) is 1. The van der Waals surface area contributed by atoms with Crippen molar-refractivity contribution in [3.05, 3.63) is 61.3 Å². The van der Waals surface area contributed by atoms with Crippen LogP contribution in [0, 0.1) is 0 Å². The lowest BCUT2D eigenvalue weighted by Crippen LogP contribution is -1.96. The van der Waals surface area contributed by atoms with Gasteiger partial charge in [0.1, 0.15) is 18.0 Å². The van der Waals surface area contributed by atoms with Gasteiger partial charge >= 0.3 is 0 Å². The lowest BCUT2D eigenvalue weighted by Gasteiger charge is -2.06. The third kappa shape index (κ3) is 2.71. The summed E-state index contributed by atoms with van der Waals surface area (Å²) in [6, 6.07) is 11.4. The zero-order valence-electron chi connectivity index (χ0n) is 10.1. The summed E-state index contributed by atoms with van der Waals surface area (Å²) in [5.74, 6) is 1.45. The van der Waals surface area contributed by atoms with Crippen LogP contribution in [0.1, 0.15) is 0 Å². The van der Waals surface area contributed by atoms with Crippen molar-refractivity contribution in [2.45, 2.75) is 0 Å². The fourth-order valence-corrected chi connectivity index (χ4v) is 1.68. The first kappa shape index (κ1) is 11.3. The van der Waals surface area contributed by atoms with Gasteiger partial charge in [-0.2, -0.15) is 0 Å². The molecule has 0 saturated heterocycles. The summed E-state index contributed by atoms with van der Waals surface area (Å²) >= 11 is 0. The second-order valence-electron chi connectivity index (χ2n) is 3.87. The molecule has 92 valence electrons. The number of hydrogen-bond donors (Lipinski definition) is 1. The van der Waals surface area contributed by atoms with E-state index in [1.54, 1.807) is 24.7 Å². The average molecular weight is 249 g/mol. The Kier molecular flexibility index (Phi) is 3.10. The molecule has 0 spiro atoms. The van der Waals surface area contributed by atoms with E-state index in [-0.39, 0.29) is 0 Å². The molecule has 0 aromatic carbocycles. The van der Waals surface area contributed by atoms with Crippen molar-refractivity contribution in [3.63, 3.8) is 0 Å². The van der Waals surface area contributed by atoms with E-state index in [0.717, 1.165) is 17.1 Å². The highest BCUT2D eigenvalue weighted by atomic mass is 15.1. The summed E-state index contributed by atoms with van der Waals surface area (Å²) in [6.45, 7) is 0. The maximum atomic E-state index is 4.53. The first-order valence-electron chi connectivity index (χ1n) is 5.82. The number of rotatable bonds is 3. The van der Waals surface area contributed by atoms with Crippen LogP contribution in [-0.2, 0) is 0 Å². The van der Waals surface area contributed by atoms with Gasteiger partial charge in [-0.3, -0.25) is 4.98 Å². The third-order valence-corrected chi connectivity index (χ3v) is 2.54. The highest BCUT2D eigenvalue weighted by Crippen LogP contribution is 2.18. The van der Waals surface area contributed by atoms with E-state index >= 15 is 0 Å². The molecule has 3 heterocycles. The minimum Gasteiger partial charge on any atom is -0.325 e. The maximum absolute atomic E-state index is 4.53. The molecule has 0 aliphatic heterocycles. The van der Waals surface area contributed by atoms with Crippen LogP contribution in [-0.4, -0.2) is 19.9 Å². The van der Waals surface area contributed by atoms with Gasteiger partial charge in [0.25, 0.3) is 0 Å². The summed E-state index contributed by atoms with van der Waals surface area (Å²) in [6.07, 6.45) is 6.71. The molecule has 5 heteroatoms. The molecule has 0 bridgehead atoms. The predicted molar refractivity (Wildman–Crippen MR) is 72.8 cm³/mol. The zero-order valence-corrected chi connectivity index (χ0v) is 10.1. The molecule has 0 radical (unpaired) electrons. The highest BCUT2D eigenvalue weighted by Gasteiger charge is 2.01. The van der Waals surface area contributed by atoms with Gasteiger partial charge in [-0.05, 0) is 30.3 Å². The van der Waals surface area contributed by atoms with E-state index in [2.05, 4.69) is 25.3 Å². The molecular weight excluding hydrogens is 238 g/mol. The van der Waals surface area contributed by atoms with Crippen molar-refractivity contribution in [1.29, 1.82) is 0 Å². The number of aromatic nitrogens is 4. The molecule has 1 N–H and O–H groups in total. The Balaban J connectivity index is 1.89. The van der Waals surface area contributed by atoms with Gasteiger partial charge in [0.15, 0.2) is 0 Å². The summed E-state index contributed by atoms with van der Waals surface area (Å²) in [7, 11) is 0. The van der Waals surface area contributed by atoms with Crippen LogP contribution < -0.4 is 5.32 Å². The van der Waals surface area contributed by atoms with Crippen molar-refractivity contribution in [3.8, 4) is 11.3 Å². The molecule has 0 amide bonds. The minimum atomic E-state index is 0.714. The second kappa shape index (κ2) is 5.22. The summed E-state index contributed by atoms with van der Waals surface area (Å²) < 4.78 is 0. The van der Waals surface area contributed by atoms with Gasteiger partial charge < -0.3 is 5.32 Å². The molecule has 3 rings (SSSR count). The van der Waals surface area contributed by atoms with Crippen molar-refractivity contribution in [1.82, 2.24) is 19.9 Å². The van der Waals surface area contributed by atoms with Gasteiger partial charge in [-0.25, -0.2) is 15.0 Å². The Hall–Kier alpha value is -2.82. The molecule has 19 heavy (non-hydrogen) atoms. The normalized spacial score (nSPS) is 10.1. The van der Waals surface area contributed by atoms with Crippen LogP contribution in [0.3, 0.4) is 0 Å². The molecular formula is C14H11N5. The van der Waals surface area contributed by atoms with Crippen LogP contribution in [0.15, 0.2) is 61.3 Å². The largest absolute Gasteiger partial charge is 0.325 e. The van der Waals surface area contributed by atoms with Gasteiger partial charge in [0, 0.05) is 24.2 Å². The Morgan fingerprint density at radius 1 is 0.842 bits per heavy atom. The molecule has 3 aromatic rings. The SMILES string of the molecule is c1cncc(-c2cccc(Nc3ccncn3)n2)c1. The first-order valence-corrected chi connectivity index (χ1v) is 5.82. The topological polar surface area (TPSA) is 63.6 Å². The van der Waals surface area contributed by atoms with Crippen LogP contribution in [0.4, 0.5) is 11.6 Å². The van der Waals surface area contributed by atoms with Gasteiger partial charge in [0.05, 0.1) is 5.69 Å². The van der Waals surface area contributed by atoms with Crippen LogP contribution in [0.25, 0.3) is 11.3 Å². The van der Waals surface area contributed by atoms with Crippen molar-refractivity contribution >= 4 is 11.6 Å². The van der Waals surface area contributed by atoms with Crippen LogP contribution in [0.5, 0.6) is 0 Å². The van der Waals surface area contributed by atoms with Crippen molar-refractivity contribution in [2.24, 2.45) is 0 Å². The quantitative estimate of drug-likeness (QED) is 0.773. The van der Waals surface area contributed by atoms with E-state index in [4.69, 9.17) is 0 Å². The van der Waals surface area contributed by atoms with Gasteiger partial charge in [-0.15, -0.1) is 0 Å². The molecule has 0 saturated carbocycles. The van der Waals surface area contributed by atoms with Gasteiger partial charge in [0.2, 0.25) is 0 Å². The van der Waals surface area contributed by atoms with Crippen LogP contribution in [0.2, 0.25) is 0 Å². The molecule has 0 atom stereocenters. The summed E-state index contributed by atoms with van der Waals surface area (Å²) in [4.78, 5) is 16.6. The zero-order chi connectivity index (χ0) is 12.9. The Bertz CT molecular complexity index is 655. The van der Waals surface area contributed by atoms with Crippen molar-refractivity contribution < 1.29 is 0 Å². The lowest BCUT2D eigenvalue weighted by molar-refractivity contribution is 1.16. The van der Waals surface area contributed by atoms with E-state index < -0.39 is 0 Å². The van der Waals surface area contributed by atoms with E-state index in [0.29, 0.717) is 5.82 Å². The predicted octanol–water partition coefficient (Wildman–Crippen LogP) is 2.68. The smallest absolute Gasteiger partial charge is 0.134 e. The average Bonchev–Trinajstić information content (AvgIpc) is 2.49. The van der Waals surface area contributed by atoms with E-state index in [9.17, 15) is 0 Å². The molecule has 0 unspecified atom stereocenters. The number of hydrogen-bond acceptors (Lipinski definition) is 5. The Morgan fingerprint density at radius 3 is 2.63 bits per heavy atom. The summed E-state index contributed by atoms with van der Waals surface area (Å²) in [5, 5.41) is 3.13. The summed E-state index contributed by atoms with van der Waals surface area (Å²) in [5.41, 5.74) is 1.85. The molecule has 0 aliphatic carbocycles. The standard InChI is InChI=1S/C14H11N5/c1-4-12(11-3-2-7-15-9-11)18-14(5-1)19-13-6-8-16-10-17-13/h1-10H,(H,16,17,18,19). The molecule has 3 aromatic heterocycles. The van der Waals surface area contributed by atoms with Crippen molar-refractivity contribution in [2.75, 3.05) is 5.32 Å². The molecule has 5 nitrogen and oxygen atoms in total. The Labute approximate surface area is 110 Å². The molecule has 0 fully saturated rings. The third-order valence-electron chi connectivity index (χ3n) is 2.54. The molecule has 0 aliphatic rings. The first-order chi connectivity index (χ1) is 9.42. The van der Waals surface area contributed by atoms with E-state index in [1.165, 1.54) is 6.33 Å². The lowest BCUT2D eigenvalue weighted by atomic mass is 10.2. The van der Waals surface area contributed by atoms with Crippen LogP contribution >= 0.6 is 0 Å². The minimum absolute atomic E-state index is 0.714. The number of anilines is 2. The Morgan fingerprint density at radius 2 is 1.84 bits per heavy atom. The number of pyridine rings is 2. The fraction of sp³-hybridized carbons (Fsp3) is 0. The van der Waals surface area contributed by atoms with E-state index in [1.807, 2.05) is 30.3 Å². The fourth-order valence-electron chi connectivity index (χ4n) is 1.68. The maximum Gasteiger partial charge on any atom is 0.134 e.